The standard InChI is InChI=1S/C15H21N3O2.ClH/c1-10-5-6-12(8-13(10)19-4)9-15-17-14(18-20-15)7-11(2)16-3;/h5-6,8,11,16H,7,9H2,1-4H3;1H. The van der Waals surface area contributed by atoms with Crippen LogP contribution in [0.25, 0.3) is 0 Å². The molecule has 0 aliphatic carbocycles. The van der Waals surface area contributed by atoms with E-state index in [0.29, 0.717) is 18.4 Å². The first-order valence-corrected chi connectivity index (χ1v) is 6.74. The molecule has 0 spiro atoms. The van der Waals surface area contributed by atoms with Gasteiger partial charge in [-0.1, -0.05) is 17.3 Å². The van der Waals surface area contributed by atoms with Gasteiger partial charge in [0.15, 0.2) is 5.82 Å². The Kier molecular flexibility index (Phi) is 6.65. The summed E-state index contributed by atoms with van der Waals surface area (Å²) in [6.45, 7) is 4.10. The van der Waals surface area contributed by atoms with E-state index in [1.807, 2.05) is 26.1 Å². The van der Waals surface area contributed by atoms with Gasteiger partial charge in [0, 0.05) is 12.5 Å². The van der Waals surface area contributed by atoms with Crippen LogP contribution in [0.15, 0.2) is 22.7 Å². The van der Waals surface area contributed by atoms with Crippen LogP contribution >= 0.6 is 12.4 Å². The first-order chi connectivity index (χ1) is 9.62. The smallest absolute Gasteiger partial charge is 0.231 e. The maximum atomic E-state index is 5.32. The van der Waals surface area contributed by atoms with Gasteiger partial charge in [-0.2, -0.15) is 4.98 Å². The van der Waals surface area contributed by atoms with Crippen molar-refractivity contribution in [2.45, 2.75) is 32.7 Å². The molecule has 116 valence electrons. The molecular weight excluding hydrogens is 290 g/mol. The van der Waals surface area contributed by atoms with Gasteiger partial charge in [0.1, 0.15) is 5.75 Å². The van der Waals surface area contributed by atoms with Crippen molar-refractivity contribution in [2.75, 3.05) is 14.2 Å². The number of aryl methyl sites for hydroxylation is 1. The van der Waals surface area contributed by atoms with E-state index in [0.717, 1.165) is 29.1 Å². The average molecular weight is 312 g/mol. The number of nitrogens with one attached hydrogen (secondary N) is 1. The zero-order chi connectivity index (χ0) is 14.5. The van der Waals surface area contributed by atoms with Crippen LogP contribution in [0, 0.1) is 6.92 Å². The lowest BCUT2D eigenvalue weighted by atomic mass is 10.1. The van der Waals surface area contributed by atoms with Crippen LogP contribution in [0.5, 0.6) is 5.75 Å². The Morgan fingerprint density at radius 2 is 2.14 bits per heavy atom. The minimum absolute atomic E-state index is 0. The van der Waals surface area contributed by atoms with Crippen LogP contribution in [0.3, 0.4) is 0 Å². The van der Waals surface area contributed by atoms with Gasteiger partial charge in [0.05, 0.1) is 13.5 Å². The second-order valence-corrected chi connectivity index (χ2v) is 4.98. The van der Waals surface area contributed by atoms with Gasteiger partial charge in [-0.3, -0.25) is 0 Å². The van der Waals surface area contributed by atoms with Crippen LogP contribution in [0.2, 0.25) is 0 Å². The van der Waals surface area contributed by atoms with E-state index >= 15 is 0 Å². The molecule has 0 amide bonds. The van der Waals surface area contributed by atoms with Crippen LogP contribution in [0.1, 0.15) is 29.8 Å². The minimum Gasteiger partial charge on any atom is -0.496 e. The second-order valence-electron chi connectivity index (χ2n) is 4.98. The average Bonchev–Trinajstić information content (AvgIpc) is 2.88. The van der Waals surface area contributed by atoms with E-state index in [-0.39, 0.29) is 12.4 Å². The lowest BCUT2D eigenvalue weighted by Crippen LogP contribution is -2.24. The number of methoxy groups -OCH3 is 1. The lowest BCUT2D eigenvalue weighted by molar-refractivity contribution is 0.376. The first kappa shape index (κ1) is 17.5. The van der Waals surface area contributed by atoms with Crippen molar-refractivity contribution in [1.29, 1.82) is 0 Å². The van der Waals surface area contributed by atoms with E-state index in [4.69, 9.17) is 9.26 Å². The highest BCUT2D eigenvalue weighted by Gasteiger charge is 2.10. The molecule has 0 saturated carbocycles. The predicted molar refractivity (Wildman–Crippen MR) is 84.3 cm³/mol. The van der Waals surface area contributed by atoms with Gasteiger partial charge in [-0.25, -0.2) is 0 Å². The van der Waals surface area contributed by atoms with E-state index < -0.39 is 0 Å². The minimum atomic E-state index is 0. The number of nitrogens with zero attached hydrogens (tertiary/aromatic N) is 2. The number of benzene rings is 1. The summed E-state index contributed by atoms with van der Waals surface area (Å²) < 4.78 is 10.6. The summed E-state index contributed by atoms with van der Waals surface area (Å²) in [7, 11) is 3.60. The number of rotatable bonds is 6. The number of aromatic nitrogens is 2. The van der Waals surface area contributed by atoms with Gasteiger partial charge in [0.2, 0.25) is 5.89 Å². The maximum Gasteiger partial charge on any atom is 0.231 e. The van der Waals surface area contributed by atoms with Crippen molar-refractivity contribution < 1.29 is 9.26 Å². The van der Waals surface area contributed by atoms with Gasteiger partial charge in [-0.15, -0.1) is 12.4 Å². The Hall–Kier alpha value is -1.59. The molecule has 2 aromatic rings. The second kappa shape index (κ2) is 8.00. The fourth-order valence-electron chi connectivity index (χ4n) is 1.97. The van der Waals surface area contributed by atoms with Crippen LogP contribution in [-0.4, -0.2) is 30.3 Å². The number of hydrogen-bond acceptors (Lipinski definition) is 5. The van der Waals surface area contributed by atoms with Gasteiger partial charge >= 0.3 is 0 Å². The highest BCUT2D eigenvalue weighted by atomic mass is 35.5. The third-order valence-corrected chi connectivity index (χ3v) is 3.32. The molecular formula is C15H22ClN3O2. The molecule has 6 heteroatoms. The van der Waals surface area contributed by atoms with Crippen LogP contribution in [0.4, 0.5) is 0 Å². The Morgan fingerprint density at radius 3 is 2.81 bits per heavy atom. The van der Waals surface area contributed by atoms with Crippen molar-refractivity contribution in [3.05, 3.63) is 41.0 Å². The normalized spacial score (nSPS) is 11.8. The topological polar surface area (TPSA) is 60.2 Å². The van der Waals surface area contributed by atoms with E-state index in [2.05, 4.69) is 28.4 Å². The summed E-state index contributed by atoms with van der Waals surface area (Å²) in [5.74, 6) is 2.25. The molecule has 21 heavy (non-hydrogen) atoms. The summed E-state index contributed by atoms with van der Waals surface area (Å²) in [6, 6.07) is 6.43. The molecule has 1 unspecified atom stereocenters. The largest absolute Gasteiger partial charge is 0.496 e. The molecule has 2 rings (SSSR count). The van der Waals surface area contributed by atoms with Crippen molar-refractivity contribution in [1.82, 2.24) is 15.5 Å². The molecule has 0 saturated heterocycles. The summed E-state index contributed by atoms with van der Waals surface area (Å²) in [6.07, 6.45) is 1.38. The zero-order valence-corrected chi connectivity index (χ0v) is 13.7. The molecule has 0 aliphatic rings. The molecule has 5 nitrogen and oxygen atoms in total. The molecule has 1 aromatic carbocycles. The first-order valence-electron chi connectivity index (χ1n) is 6.74. The lowest BCUT2D eigenvalue weighted by Gasteiger charge is -2.06. The van der Waals surface area contributed by atoms with Crippen LogP contribution in [-0.2, 0) is 12.8 Å². The number of hydrogen-bond donors (Lipinski definition) is 1. The molecule has 1 heterocycles. The Morgan fingerprint density at radius 1 is 1.38 bits per heavy atom. The number of halogens is 1. The Bertz CT molecular complexity index is 572. The van der Waals surface area contributed by atoms with Gasteiger partial charge in [-0.05, 0) is 38.1 Å². The highest BCUT2D eigenvalue weighted by molar-refractivity contribution is 5.85. The monoisotopic (exact) mass is 311 g/mol. The number of likely N-dealkylation sites (N-methyl/N-ethyl adjacent to an activating group) is 1. The van der Waals surface area contributed by atoms with E-state index in [1.165, 1.54) is 0 Å². The summed E-state index contributed by atoms with van der Waals surface area (Å²) in [5, 5.41) is 7.16. The van der Waals surface area contributed by atoms with E-state index in [9.17, 15) is 0 Å². The molecule has 1 N–H and O–H groups in total. The quantitative estimate of drug-likeness (QED) is 0.888. The third kappa shape index (κ3) is 4.72. The summed E-state index contributed by atoms with van der Waals surface area (Å²) in [4.78, 5) is 4.41. The van der Waals surface area contributed by atoms with Crippen molar-refractivity contribution in [3.63, 3.8) is 0 Å². The molecule has 0 fully saturated rings. The molecule has 0 aliphatic heterocycles. The fraction of sp³-hybridized carbons (Fsp3) is 0.467. The third-order valence-electron chi connectivity index (χ3n) is 3.32. The van der Waals surface area contributed by atoms with Crippen LogP contribution < -0.4 is 10.1 Å². The fourth-order valence-corrected chi connectivity index (χ4v) is 1.97. The molecule has 1 aromatic heterocycles. The maximum absolute atomic E-state index is 5.32. The van der Waals surface area contributed by atoms with Crippen molar-refractivity contribution >= 4 is 12.4 Å². The molecule has 0 radical (unpaired) electrons. The molecule has 1 atom stereocenters. The highest BCUT2D eigenvalue weighted by Crippen LogP contribution is 2.20. The summed E-state index contributed by atoms with van der Waals surface area (Å²) >= 11 is 0. The Labute approximate surface area is 131 Å². The molecule has 0 bridgehead atoms. The predicted octanol–water partition coefficient (Wildman–Crippen LogP) is 2.55. The van der Waals surface area contributed by atoms with E-state index in [1.54, 1.807) is 7.11 Å². The Balaban J connectivity index is 0.00000220. The van der Waals surface area contributed by atoms with Gasteiger partial charge < -0.3 is 14.6 Å². The number of ether oxygens (including phenoxy) is 1. The zero-order valence-electron chi connectivity index (χ0n) is 12.8. The SMILES string of the molecule is CNC(C)Cc1noc(Cc2ccc(C)c(OC)c2)n1.Cl. The van der Waals surface area contributed by atoms with Gasteiger partial charge in [0.25, 0.3) is 0 Å². The summed E-state index contributed by atoms with van der Waals surface area (Å²) in [5.41, 5.74) is 2.22. The van der Waals surface area contributed by atoms with Crippen molar-refractivity contribution in [2.24, 2.45) is 0 Å². The van der Waals surface area contributed by atoms with Crippen molar-refractivity contribution in [3.8, 4) is 5.75 Å².